The SMILES string of the molecule is SCCSC(CS)CSSSSCC(CS)SCCS. The van der Waals surface area contributed by atoms with Gasteiger partial charge in [-0.25, -0.2) is 0 Å². The minimum Gasteiger partial charge on any atom is -0.179 e. The summed E-state index contributed by atoms with van der Waals surface area (Å²) in [4.78, 5) is 0. The maximum atomic E-state index is 4.41. The summed E-state index contributed by atoms with van der Waals surface area (Å²) >= 11 is 21.3. The summed E-state index contributed by atoms with van der Waals surface area (Å²) in [6.45, 7) is 0. The molecule has 0 aromatic carbocycles. The highest BCUT2D eigenvalue weighted by atomic mass is 33.7. The number of hydrogen-bond donors (Lipinski definition) is 4. The second kappa shape index (κ2) is 18.8. The van der Waals surface area contributed by atoms with E-state index < -0.39 is 0 Å². The van der Waals surface area contributed by atoms with Crippen molar-refractivity contribution in [2.24, 2.45) is 0 Å². The largest absolute Gasteiger partial charge is 0.179 e. The first-order valence-electron chi connectivity index (χ1n) is 6.02. The monoisotopic (exact) mass is 462 g/mol. The third-order valence-corrected chi connectivity index (χ3v) is 13.9. The van der Waals surface area contributed by atoms with Gasteiger partial charge in [0.25, 0.3) is 0 Å². The summed E-state index contributed by atoms with van der Waals surface area (Å²) < 4.78 is 0. The molecule has 0 saturated carbocycles. The van der Waals surface area contributed by atoms with Crippen LogP contribution in [0.2, 0.25) is 0 Å². The van der Waals surface area contributed by atoms with Crippen molar-refractivity contribution in [3.63, 3.8) is 0 Å². The third-order valence-electron chi connectivity index (χ3n) is 1.93. The molecule has 0 rings (SSSR count). The molecule has 0 N–H and O–H groups in total. The Morgan fingerprint density at radius 2 is 1.05 bits per heavy atom. The van der Waals surface area contributed by atoms with Crippen LogP contribution in [-0.2, 0) is 0 Å². The van der Waals surface area contributed by atoms with E-state index in [1.54, 1.807) is 0 Å². The van der Waals surface area contributed by atoms with Crippen molar-refractivity contribution in [1.29, 1.82) is 0 Å². The average molecular weight is 463 g/mol. The van der Waals surface area contributed by atoms with Crippen molar-refractivity contribution in [2.45, 2.75) is 10.5 Å². The molecule has 2 unspecified atom stereocenters. The summed E-state index contributed by atoms with van der Waals surface area (Å²) in [5, 5.41) is 1.29. The predicted octanol–water partition coefficient (Wildman–Crippen LogP) is 5.59. The van der Waals surface area contributed by atoms with Gasteiger partial charge in [0.1, 0.15) is 0 Å². The first kappa shape index (κ1) is 23.5. The van der Waals surface area contributed by atoms with Crippen molar-refractivity contribution < 1.29 is 0 Å². The lowest BCUT2D eigenvalue weighted by atomic mass is 10.5. The zero-order valence-electron chi connectivity index (χ0n) is 11.0. The van der Waals surface area contributed by atoms with Crippen LogP contribution < -0.4 is 0 Å². The van der Waals surface area contributed by atoms with Crippen LogP contribution in [0, 0.1) is 0 Å². The van der Waals surface area contributed by atoms with Gasteiger partial charge in [0.05, 0.1) is 0 Å². The minimum atomic E-state index is 0.643. The molecule has 0 saturated heterocycles. The molecule has 0 spiro atoms. The summed E-state index contributed by atoms with van der Waals surface area (Å²) in [7, 11) is 7.65. The molecule has 0 aliphatic rings. The summed E-state index contributed by atoms with van der Waals surface area (Å²) in [6.07, 6.45) is 0. The Kier molecular flexibility index (Phi) is 22.1. The van der Waals surface area contributed by atoms with Crippen LogP contribution in [0.5, 0.6) is 0 Å². The van der Waals surface area contributed by atoms with E-state index in [9.17, 15) is 0 Å². The molecular weight excluding hydrogens is 441 g/mol. The zero-order valence-corrected chi connectivity index (χ0v) is 19.5. The molecule has 0 aromatic heterocycles. The van der Waals surface area contributed by atoms with Crippen molar-refractivity contribution >= 4 is 115 Å². The van der Waals surface area contributed by atoms with Crippen LogP contribution in [0.3, 0.4) is 0 Å². The van der Waals surface area contributed by atoms with E-state index in [0.29, 0.717) is 10.5 Å². The molecule has 122 valence electrons. The lowest BCUT2D eigenvalue weighted by Gasteiger charge is -2.13. The molecule has 0 fully saturated rings. The third kappa shape index (κ3) is 15.1. The van der Waals surface area contributed by atoms with Gasteiger partial charge in [0, 0.05) is 45.0 Å². The zero-order chi connectivity index (χ0) is 15.1. The van der Waals surface area contributed by atoms with Gasteiger partial charge >= 0.3 is 0 Å². The van der Waals surface area contributed by atoms with Gasteiger partial charge in [-0.1, -0.05) is 21.6 Å². The maximum absolute atomic E-state index is 4.41. The van der Waals surface area contributed by atoms with Crippen LogP contribution in [0.25, 0.3) is 0 Å². The minimum absolute atomic E-state index is 0.643. The number of rotatable bonds is 15. The molecule has 0 amide bonds. The normalized spacial score (nSPS) is 14.4. The van der Waals surface area contributed by atoms with Gasteiger partial charge in [-0.2, -0.15) is 74.0 Å². The number of thioether (sulfide) groups is 2. The molecule has 20 heavy (non-hydrogen) atoms. The standard InChI is InChI=1S/C10H22S10/c11-1-3-15-9(5-13)7-17-19-20-18-8-10(6-14)16-4-2-12/h9-14H,1-8H2. The second-order valence-electron chi connectivity index (χ2n) is 3.50. The topological polar surface area (TPSA) is 0 Å². The van der Waals surface area contributed by atoms with Gasteiger partial charge in [-0.15, -0.1) is 0 Å². The van der Waals surface area contributed by atoms with Crippen LogP contribution in [0.15, 0.2) is 0 Å². The maximum Gasteiger partial charge on any atom is 0.0235 e. The Hall–Kier alpha value is 3.50. The predicted molar refractivity (Wildman–Crippen MR) is 128 cm³/mol. The molecule has 0 heterocycles. The van der Waals surface area contributed by atoms with Crippen LogP contribution in [-0.4, -0.2) is 56.5 Å². The molecule has 0 aromatic rings. The Labute approximate surface area is 170 Å². The Morgan fingerprint density at radius 1 is 0.650 bits per heavy atom. The van der Waals surface area contributed by atoms with Gasteiger partial charge in [0.2, 0.25) is 0 Å². The smallest absolute Gasteiger partial charge is 0.0235 e. The van der Waals surface area contributed by atoms with E-state index in [1.807, 2.05) is 64.8 Å². The highest BCUT2D eigenvalue weighted by Gasteiger charge is 2.09. The molecule has 0 bridgehead atoms. The lowest BCUT2D eigenvalue weighted by Crippen LogP contribution is -2.09. The Bertz CT molecular complexity index is 173. The van der Waals surface area contributed by atoms with E-state index in [4.69, 9.17) is 0 Å². The quantitative estimate of drug-likeness (QED) is 0.141. The lowest BCUT2D eigenvalue weighted by molar-refractivity contribution is 1.16. The molecule has 10 heteroatoms. The first-order chi connectivity index (χ1) is 9.78. The van der Waals surface area contributed by atoms with Gasteiger partial charge < -0.3 is 0 Å². The number of thiol groups is 4. The van der Waals surface area contributed by atoms with Crippen LogP contribution in [0.4, 0.5) is 0 Å². The highest BCUT2D eigenvalue weighted by molar-refractivity contribution is 9.26. The molecule has 0 aliphatic heterocycles. The summed E-state index contributed by atoms with van der Waals surface area (Å²) in [5.74, 6) is 8.35. The van der Waals surface area contributed by atoms with E-state index in [1.165, 1.54) is 0 Å². The van der Waals surface area contributed by atoms with Gasteiger partial charge in [-0.05, 0) is 31.2 Å². The van der Waals surface area contributed by atoms with E-state index >= 15 is 0 Å². The van der Waals surface area contributed by atoms with E-state index in [0.717, 1.165) is 46.0 Å². The first-order valence-corrected chi connectivity index (χ1v) is 15.8. The molecule has 0 aliphatic carbocycles. The van der Waals surface area contributed by atoms with Crippen LogP contribution in [0.1, 0.15) is 0 Å². The van der Waals surface area contributed by atoms with Crippen LogP contribution >= 0.6 is 115 Å². The molecule has 0 nitrogen and oxygen atoms in total. The Balaban J connectivity index is 3.45. The Morgan fingerprint density at radius 3 is 1.35 bits per heavy atom. The highest BCUT2D eigenvalue weighted by Crippen LogP contribution is 2.44. The van der Waals surface area contributed by atoms with Gasteiger partial charge in [0.15, 0.2) is 0 Å². The molecule has 2 atom stereocenters. The fourth-order valence-corrected chi connectivity index (χ4v) is 11.8. The average Bonchev–Trinajstić information content (AvgIpc) is 2.48. The molecular formula is C10H22S10. The summed E-state index contributed by atoms with van der Waals surface area (Å²) in [6, 6.07) is 0. The fraction of sp³-hybridized carbons (Fsp3) is 1.00. The van der Waals surface area contributed by atoms with Gasteiger partial charge in [-0.3, -0.25) is 0 Å². The van der Waals surface area contributed by atoms with Crippen molar-refractivity contribution in [3.8, 4) is 0 Å². The second-order valence-corrected chi connectivity index (χ2v) is 14.0. The fourth-order valence-electron chi connectivity index (χ4n) is 0.992. The number of hydrogen-bond acceptors (Lipinski definition) is 10. The summed E-state index contributed by atoms with van der Waals surface area (Å²) in [5.41, 5.74) is 0. The van der Waals surface area contributed by atoms with E-state index in [-0.39, 0.29) is 0 Å². The van der Waals surface area contributed by atoms with Crippen molar-refractivity contribution in [1.82, 2.24) is 0 Å². The van der Waals surface area contributed by atoms with Crippen molar-refractivity contribution in [2.75, 3.05) is 46.0 Å². The van der Waals surface area contributed by atoms with E-state index in [2.05, 4.69) is 50.5 Å². The van der Waals surface area contributed by atoms with Crippen molar-refractivity contribution in [3.05, 3.63) is 0 Å². The molecule has 0 radical (unpaired) electrons.